The van der Waals surface area contributed by atoms with Crippen LogP contribution in [0.25, 0.3) is 0 Å². The van der Waals surface area contributed by atoms with E-state index in [1.54, 1.807) is 25.3 Å². The summed E-state index contributed by atoms with van der Waals surface area (Å²) in [7, 11) is -2.38. The van der Waals surface area contributed by atoms with Gasteiger partial charge in [0.2, 0.25) is 0 Å². The zero-order chi connectivity index (χ0) is 18.0. The number of benzene rings is 2. The van der Waals surface area contributed by atoms with Crippen LogP contribution in [0.15, 0.2) is 46.4 Å². The first-order chi connectivity index (χ1) is 11.9. The SMILES string of the molecule is COc1cc(Cl)c2c(c1)CCC/C2=N/OS(=O)(=O)c1ccc(C)cc1. The van der Waals surface area contributed by atoms with Crippen LogP contribution in [0.3, 0.4) is 0 Å². The van der Waals surface area contributed by atoms with Crippen LogP contribution in [0, 0.1) is 6.92 Å². The average molecular weight is 380 g/mol. The number of aryl methyl sites for hydroxylation is 2. The van der Waals surface area contributed by atoms with Gasteiger partial charge in [0.1, 0.15) is 10.6 Å². The quantitative estimate of drug-likeness (QED) is 0.750. The number of halogens is 1. The van der Waals surface area contributed by atoms with Crippen molar-refractivity contribution in [3.8, 4) is 5.75 Å². The van der Waals surface area contributed by atoms with Crippen molar-refractivity contribution in [1.29, 1.82) is 0 Å². The zero-order valence-corrected chi connectivity index (χ0v) is 15.5. The van der Waals surface area contributed by atoms with Crippen LogP contribution in [0.2, 0.25) is 5.02 Å². The van der Waals surface area contributed by atoms with Gasteiger partial charge in [-0.1, -0.05) is 34.5 Å². The summed E-state index contributed by atoms with van der Waals surface area (Å²) in [5.74, 6) is 0.665. The van der Waals surface area contributed by atoms with E-state index in [9.17, 15) is 8.42 Å². The first-order valence-corrected chi connectivity index (χ1v) is 9.63. The summed E-state index contributed by atoms with van der Waals surface area (Å²) in [6.07, 6.45) is 2.27. The van der Waals surface area contributed by atoms with Gasteiger partial charge in [-0.25, -0.2) is 0 Å². The molecule has 0 radical (unpaired) electrons. The molecule has 0 amide bonds. The van der Waals surface area contributed by atoms with Gasteiger partial charge in [0.05, 0.1) is 17.8 Å². The molecule has 0 saturated carbocycles. The highest BCUT2D eigenvalue weighted by Gasteiger charge is 2.22. The highest BCUT2D eigenvalue weighted by Crippen LogP contribution is 2.33. The topological polar surface area (TPSA) is 65.0 Å². The van der Waals surface area contributed by atoms with Crippen molar-refractivity contribution in [2.75, 3.05) is 7.11 Å². The first-order valence-electron chi connectivity index (χ1n) is 7.84. The van der Waals surface area contributed by atoms with E-state index in [0.29, 0.717) is 22.9 Å². The van der Waals surface area contributed by atoms with Crippen LogP contribution in [-0.2, 0) is 20.8 Å². The van der Waals surface area contributed by atoms with Crippen LogP contribution in [-0.4, -0.2) is 21.2 Å². The second-order valence-electron chi connectivity index (χ2n) is 5.88. The highest BCUT2D eigenvalue weighted by atomic mass is 35.5. The highest BCUT2D eigenvalue weighted by molar-refractivity contribution is 7.86. The Hall–Kier alpha value is -2.05. The van der Waals surface area contributed by atoms with E-state index >= 15 is 0 Å². The molecule has 7 heteroatoms. The summed E-state index contributed by atoms with van der Waals surface area (Å²) in [5, 5.41) is 4.39. The number of hydrogen-bond donors (Lipinski definition) is 0. The molecule has 0 fully saturated rings. The summed E-state index contributed by atoms with van der Waals surface area (Å²) < 4.78 is 34.8. The number of oxime groups is 1. The summed E-state index contributed by atoms with van der Waals surface area (Å²) in [4.78, 5) is 0.0688. The molecular weight excluding hydrogens is 362 g/mol. The molecule has 5 nitrogen and oxygen atoms in total. The summed E-state index contributed by atoms with van der Waals surface area (Å²) in [6, 6.07) is 10.00. The van der Waals surface area contributed by atoms with Gasteiger partial charge in [-0.3, -0.25) is 4.28 Å². The van der Waals surface area contributed by atoms with Gasteiger partial charge in [-0.15, -0.1) is 0 Å². The molecule has 1 aliphatic rings. The number of rotatable bonds is 4. The molecule has 0 unspecified atom stereocenters. The van der Waals surface area contributed by atoms with Crippen LogP contribution >= 0.6 is 11.6 Å². The molecule has 0 aliphatic heterocycles. The molecule has 132 valence electrons. The van der Waals surface area contributed by atoms with E-state index < -0.39 is 10.1 Å². The van der Waals surface area contributed by atoms with Crippen molar-refractivity contribution in [3.63, 3.8) is 0 Å². The smallest absolute Gasteiger partial charge is 0.358 e. The minimum atomic E-state index is -3.96. The lowest BCUT2D eigenvalue weighted by Gasteiger charge is -2.19. The van der Waals surface area contributed by atoms with Gasteiger partial charge in [-0.05, 0) is 56.0 Å². The van der Waals surface area contributed by atoms with Gasteiger partial charge in [0.15, 0.2) is 0 Å². The van der Waals surface area contributed by atoms with Crippen molar-refractivity contribution < 1.29 is 17.4 Å². The Labute approximate surface area is 152 Å². The van der Waals surface area contributed by atoms with Crippen molar-refractivity contribution in [3.05, 3.63) is 58.1 Å². The van der Waals surface area contributed by atoms with Gasteiger partial charge >= 0.3 is 10.1 Å². The number of ether oxygens (including phenoxy) is 1. The lowest BCUT2D eigenvalue weighted by molar-refractivity contribution is 0.337. The third-order valence-corrected chi connectivity index (χ3v) is 5.50. The largest absolute Gasteiger partial charge is 0.497 e. The second kappa shape index (κ2) is 7.06. The molecule has 0 saturated heterocycles. The van der Waals surface area contributed by atoms with Crippen LogP contribution in [0.5, 0.6) is 5.75 Å². The molecular formula is C18H18ClNO4S. The maximum absolute atomic E-state index is 12.3. The normalized spacial score (nSPS) is 15.7. The molecule has 0 bridgehead atoms. The maximum Gasteiger partial charge on any atom is 0.358 e. The Kier molecular flexibility index (Phi) is 5.01. The fourth-order valence-corrected chi connectivity index (χ4v) is 3.86. The molecule has 0 spiro atoms. The molecule has 0 heterocycles. The van der Waals surface area contributed by atoms with Crippen molar-refractivity contribution in [1.82, 2.24) is 0 Å². The summed E-state index contributed by atoms with van der Waals surface area (Å²) >= 11 is 6.34. The predicted molar refractivity (Wildman–Crippen MR) is 96.9 cm³/mol. The predicted octanol–water partition coefficient (Wildman–Crippen LogP) is 4.10. The first kappa shape index (κ1) is 17.8. The third kappa shape index (κ3) is 3.80. The third-order valence-electron chi connectivity index (χ3n) is 4.08. The average Bonchev–Trinajstić information content (AvgIpc) is 2.60. The van der Waals surface area contributed by atoms with E-state index in [1.807, 2.05) is 13.0 Å². The maximum atomic E-state index is 12.3. The van der Waals surface area contributed by atoms with E-state index in [-0.39, 0.29) is 4.90 Å². The summed E-state index contributed by atoms with van der Waals surface area (Å²) in [5.41, 5.74) is 3.20. The van der Waals surface area contributed by atoms with E-state index in [4.69, 9.17) is 20.6 Å². The fraction of sp³-hybridized carbons (Fsp3) is 0.278. The standard InChI is InChI=1S/C18H18ClNO4S/c1-12-6-8-15(9-7-12)25(21,22)24-20-17-5-3-4-13-10-14(23-2)11-16(19)18(13)17/h6-11H,3-5H2,1-2H3/b20-17-. The monoisotopic (exact) mass is 379 g/mol. The molecule has 2 aromatic rings. The Balaban J connectivity index is 1.92. The molecule has 3 rings (SSSR count). The lowest BCUT2D eigenvalue weighted by Crippen LogP contribution is -2.14. The molecule has 1 aliphatic carbocycles. The number of hydrogen-bond acceptors (Lipinski definition) is 5. The molecule has 0 atom stereocenters. The van der Waals surface area contributed by atoms with Gasteiger partial charge < -0.3 is 4.74 Å². The minimum absolute atomic E-state index is 0.0688. The van der Waals surface area contributed by atoms with Crippen LogP contribution in [0.4, 0.5) is 0 Å². The second-order valence-corrected chi connectivity index (χ2v) is 7.81. The van der Waals surface area contributed by atoms with E-state index in [0.717, 1.165) is 29.5 Å². The Bertz CT molecular complexity index is 921. The van der Waals surface area contributed by atoms with Crippen LogP contribution < -0.4 is 4.74 Å². The molecule has 2 aromatic carbocycles. The fourth-order valence-electron chi connectivity index (χ4n) is 2.78. The zero-order valence-electron chi connectivity index (χ0n) is 14.0. The Morgan fingerprint density at radius 1 is 1.12 bits per heavy atom. The Morgan fingerprint density at radius 2 is 1.84 bits per heavy atom. The van der Waals surface area contributed by atoms with Gasteiger partial charge in [0, 0.05) is 5.56 Å². The van der Waals surface area contributed by atoms with Gasteiger partial charge in [0.25, 0.3) is 0 Å². The van der Waals surface area contributed by atoms with E-state index in [2.05, 4.69) is 5.16 Å². The number of methoxy groups -OCH3 is 1. The molecule has 25 heavy (non-hydrogen) atoms. The van der Waals surface area contributed by atoms with Gasteiger partial charge in [-0.2, -0.15) is 8.42 Å². The molecule has 0 N–H and O–H groups in total. The molecule has 0 aromatic heterocycles. The van der Waals surface area contributed by atoms with Crippen molar-refractivity contribution >= 4 is 27.4 Å². The summed E-state index contributed by atoms with van der Waals surface area (Å²) in [6.45, 7) is 1.88. The number of fused-ring (bicyclic) bond motifs is 1. The van der Waals surface area contributed by atoms with Crippen LogP contribution in [0.1, 0.15) is 29.5 Å². The minimum Gasteiger partial charge on any atom is -0.497 e. The Morgan fingerprint density at radius 3 is 2.52 bits per heavy atom. The lowest BCUT2D eigenvalue weighted by atomic mass is 9.90. The van der Waals surface area contributed by atoms with E-state index in [1.165, 1.54) is 12.1 Å². The van der Waals surface area contributed by atoms with Crippen molar-refractivity contribution in [2.24, 2.45) is 5.16 Å². The van der Waals surface area contributed by atoms with Crippen molar-refractivity contribution in [2.45, 2.75) is 31.1 Å². The number of nitrogens with zero attached hydrogens (tertiary/aromatic N) is 1.